The van der Waals surface area contributed by atoms with Crippen LogP contribution in [0.15, 0.2) is 24.4 Å². The summed E-state index contributed by atoms with van der Waals surface area (Å²) in [6.45, 7) is 3.74. The van der Waals surface area contributed by atoms with E-state index >= 15 is 0 Å². The van der Waals surface area contributed by atoms with Gasteiger partial charge in [-0.2, -0.15) is 0 Å². The number of carbonyl (C=O) groups excluding carboxylic acids is 1. The fourth-order valence-corrected chi connectivity index (χ4v) is 1.91. The molecule has 0 unspecified atom stereocenters. The van der Waals surface area contributed by atoms with Crippen LogP contribution >= 0.6 is 0 Å². The van der Waals surface area contributed by atoms with E-state index in [0.717, 1.165) is 12.1 Å². The molecule has 0 saturated carbocycles. The smallest absolute Gasteiger partial charge is 0.275 e. The van der Waals surface area contributed by atoms with Crippen molar-refractivity contribution in [3.8, 4) is 0 Å². The van der Waals surface area contributed by atoms with E-state index in [0.29, 0.717) is 12.1 Å². The number of hydrogen-bond donors (Lipinski definition) is 1. The first-order valence-electron chi connectivity index (χ1n) is 6.05. The summed E-state index contributed by atoms with van der Waals surface area (Å²) in [4.78, 5) is 12.0. The van der Waals surface area contributed by atoms with Gasteiger partial charge in [0.1, 0.15) is 5.69 Å². The monoisotopic (exact) mass is 282 g/mol. The van der Waals surface area contributed by atoms with Gasteiger partial charge in [-0.1, -0.05) is 0 Å². The maximum Gasteiger partial charge on any atom is 0.275 e. The minimum Gasteiger partial charge on any atom is -0.341 e. The zero-order valence-corrected chi connectivity index (χ0v) is 11.0. The molecule has 0 spiro atoms. The molecule has 1 aromatic carbocycles. The molecule has 0 aliphatic carbocycles. The Morgan fingerprint density at radius 1 is 1.25 bits per heavy atom. The first-order chi connectivity index (χ1) is 9.43. The van der Waals surface area contributed by atoms with Crippen LogP contribution < -0.4 is 5.32 Å². The maximum absolute atomic E-state index is 13.9. The van der Waals surface area contributed by atoms with Crippen molar-refractivity contribution in [2.75, 3.05) is 5.32 Å². The number of benzene rings is 1. The van der Waals surface area contributed by atoms with Crippen molar-refractivity contribution in [1.82, 2.24) is 4.57 Å². The summed E-state index contributed by atoms with van der Waals surface area (Å²) in [7, 11) is 0. The van der Waals surface area contributed by atoms with Crippen LogP contribution in [0.3, 0.4) is 0 Å². The summed E-state index contributed by atoms with van der Waals surface area (Å²) >= 11 is 0. The average Bonchev–Trinajstić information content (AvgIpc) is 2.69. The van der Waals surface area contributed by atoms with Crippen molar-refractivity contribution in [3.05, 3.63) is 53.1 Å². The third-order valence-electron chi connectivity index (χ3n) is 2.92. The van der Waals surface area contributed by atoms with Crippen LogP contribution in [-0.2, 0) is 6.54 Å². The fraction of sp³-hybridized carbons (Fsp3) is 0.214. The molecule has 3 nitrogen and oxygen atoms in total. The molecule has 2 aromatic rings. The zero-order valence-electron chi connectivity index (χ0n) is 11.0. The molecule has 0 fully saturated rings. The summed E-state index contributed by atoms with van der Waals surface area (Å²) in [5, 5.41) is 2.35. The van der Waals surface area contributed by atoms with Gasteiger partial charge < -0.3 is 9.88 Å². The second-order valence-corrected chi connectivity index (χ2v) is 4.34. The number of amides is 1. The lowest BCUT2D eigenvalue weighted by atomic mass is 10.2. The van der Waals surface area contributed by atoms with Gasteiger partial charge in [0.25, 0.3) is 5.91 Å². The highest BCUT2D eigenvalue weighted by molar-refractivity contribution is 6.03. The summed E-state index contributed by atoms with van der Waals surface area (Å²) in [5.41, 5.74) is 0.284. The van der Waals surface area contributed by atoms with E-state index in [2.05, 4.69) is 5.32 Å². The first-order valence-corrected chi connectivity index (χ1v) is 6.05. The van der Waals surface area contributed by atoms with E-state index in [-0.39, 0.29) is 11.4 Å². The summed E-state index contributed by atoms with van der Waals surface area (Å²) in [6, 6.07) is 2.95. The number of nitrogens with one attached hydrogen (secondary N) is 1. The Kier molecular flexibility index (Phi) is 3.83. The van der Waals surface area contributed by atoms with E-state index in [4.69, 9.17) is 0 Å². The minimum absolute atomic E-state index is 0.0646. The lowest BCUT2D eigenvalue weighted by molar-refractivity contribution is 0.101. The van der Waals surface area contributed by atoms with Gasteiger partial charge >= 0.3 is 0 Å². The van der Waals surface area contributed by atoms with Crippen LogP contribution in [0.2, 0.25) is 0 Å². The molecule has 2 rings (SSSR count). The summed E-state index contributed by atoms with van der Waals surface area (Å²) < 4.78 is 41.2. The Labute approximate surface area is 114 Å². The highest BCUT2D eigenvalue weighted by Crippen LogP contribution is 2.18. The van der Waals surface area contributed by atoms with Gasteiger partial charge in [0.05, 0.1) is 0 Å². The molecule has 1 aromatic heterocycles. The average molecular weight is 282 g/mol. The predicted octanol–water partition coefficient (Wildman–Crippen LogP) is 3.49. The second-order valence-electron chi connectivity index (χ2n) is 4.34. The van der Waals surface area contributed by atoms with Crippen LogP contribution in [0.5, 0.6) is 0 Å². The Hall–Kier alpha value is -2.24. The van der Waals surface area contributed by atoms with Gasteiger partial charge in [-0.15, -0.1) is 0 Å². The Morgan fingerprint density at radius 2 is 1.95 bits per heavy atom. The summed E-state index contributed by atoms with van der Waals surface area (Å²) in [5.74, 6) is -3.41. The van der Waals surface area contributed by atoms with E-state index in [9.17, 15) is 18.0 Å². The summed E-state index contributed by atoms with van der Waals surface area (Å²) in [6.07, 6.45) is 1.52. The van der Waals surface area contributed by atoms with Crippen molar-refractivity contribution >= 4 is 11.6 Å². The van der Waals surface area contributed by atoms with Crippen LogP contribution in [0.4, 0.5) is 18.9 Å². The van der Waals surface area contributed by atoms with Crippen molar-refractivity contribution in [3.63, 3.8) is 0 Å². The third kappa shape index (κ3) is 2.54. The van der Waals surface area contributed by atoms with Gasteiger partial charge in [-0.05, 0) is 26.0 Å². The molecule has 0 atom stereocenters. The first kappa shape index (κ1) is 14.2. The number of aromatic nitrogens is 1. The zero-order chi connectivity index (χ0) is 14.9. The van der Waals surface area contributed by atoms with E-state index < -0.39 is 23.4 Å². The largest absolute Gasteiger partial charge is 0.341 e. The molecular weight excluding hydrogens is 269 g/mol. The van der Waals surface area contributed by atoms with Crippen LogP contribution in [0, 0.1) is 24.4 Å². The highest BCUT2D eigenvalue weighted by Gasteiger charge is 2.20. The number of aryl methyl sites for hydroxylation is 2. The lowest BCUT2D eigenvalue weighted by Crippen LogP contribution is -2.18. The molecule has 0 radical (unpaired) electrons. The molecule has 0 aliphatic rings. The molecule has 0 aliphatic heterocycles. The standard InChI is InChI=1S/C14H13F3N2O/c1-3-19-7-8(2)12(17)13(19)14(20)18-9-4-5-10(15)11(16)6-9/h4-7H,3H2,1-2H3,(H,18,20). The van der Waals surface area contributed by atoms with E-state index in [1.807, 2.05) is 0 Å². The number of anilines is 1. The third-order valence-corrected chi connectivity index (χ3v) is 2.92. The molecule has 6 heteroatoms. The highest BCUT2D eigenvalue weighted by atomic mass is 19.2. The van der Waals surface area contributed by atoms with Gasteiger partial charge in [0.15, 0.2) is 17.5 Å². The van der Waals surface area contributed by atoms with Crippen molar-refractivity contribution < 1.29 is 18.0 Å². The Bertz CT molecular complexity index is 665. The predicted molar refractivity (Wildman–Crippen MR) is 69.1 cm³/mol. The fourth-order valence-electron chi connectivity index (χ4n) is 1.91. The maximum atomic E-state index is 13.9. The number of carbonyl (C=O) groups is 1. The van der Waals surface area contributed by atoms with Gasteiger partial charge in [0, 0.05) is 30.1 Å². The SMILES string of the molecule is CCn1cc(C)c(F)c1C(=O)Nc1ccc(F)c(F)c1. The quantitative estimate of drug-likeness (QED) is 0.918. The van der Waals surface area contributed by atoms with Gasteiger partial charge in [0.2, 0.25) is 0 Å². The van der Waals surface area contributed by atoms with Crippen molar-refractivity contribution in [2.24, 2.45) is 0 Å². The molecule has 106 valence electrons. The van der Waals surface area contributed by atoms with Gasteiger partial charge in [-0.3, -0.25) is 4.79 Å². The van der Waals surface area contributed by atoms with Crippen molar-refractivity contribution in [1.29, 1.82) is 0 Å². The minimum atomic E-state index is -1.08. The van der Waals surface area contributed by atoms with Gasteiger partial charge in [-0.25, -0.2) is 13.2 Å². The number of hydrogen-bond acceptors (Lipinski definition) is 1. The van der Waals surface area contributed by atoms with Crippen LogP contribution in [0.1, 0.15) is 23.0 Å². The number of nitrogens with zero attached hydrogens (tertiary/aromatic N) is 1. The van der Waals surface area contributed by atoms with E-state index in [1.165, 1.54) is 16.8 Å². The molecule has 0 saturated heterocycles. The molecule has 1 amide bonds. The topological polar surface area (TPSA) is 34.0 Å². The molecule has 0 bridgehead atoms. The number of rotatable bonds is 3. The molecule has 1 heterocycles. The van der Waals surface area contributed by atoms with Crippen LogP contribution in [-0.4, -0.2) is 10.5 Å². The normalized spacial score (nSPS) is 10.7. The Morgan fingerprint density at radius 3 is 2.55 bits per heavy atom. The lowest BCUT2D eigenvalue weighted by Gasteiger charge is -2.08. The molecular formula is C14H13F3N2O. The van der Waals surface area contributed by atoms with Crippen LogP contribution in [0.25, 0.3) is 0 Å². The van der Waals surface area contributed by atoms with E-state index in [1.54, 1.807) is 13.8 Å². The van der Waals surface area contributed by atoms with Crippen molar-refractivity contribution in [2.45, 2.75) is 20.4 Å². The molecule has 20 heavy (non-hydrogen) atoms. The second kappa shape index (κ2) is 5.40. The Balaban J connectivity index is 2.30. The molecule has 1 N–H and O–H groups in total. The number of halogens is 3.